The average Bonchev–Trinajstić information content (AvgIpc) is 2.90. The maximum atomic E-state index is 15.4. The van der Waals surface area contributed by atoms with Gasteiger partial charge >= 0.3 is 6.18 Å². The molecular weight excluding hydrogens is 448 g/mol. The van der Waals surface area contributed by atoms with Gasteiger partial charge in [-0.3, -0.25) is 14.9 Å². The number of carbonyl (C=O) groups excluding carboxylic acids is 2. The first kappa shape index (κ1) is 23.3. The van der Waals surface area contributed by atoms with Crippen LogP contribution in [0, 0.1) is 17.1 Å². The van der Waals surface area contributed by atoms with E-state index >= 15 is 4.39 Å². The third kappa shape index (κ3) is 3.14. The molecule has 1 aliphatic heterocycles. The molecule has 2 aromatic carbocycles. The highest BCUT2D eigenvalue weighted by Gasteiger charge is 2.64. The van der Waals surface area contributed by atoms with Gasteiger partial charge in [-0.25, -0.2) is 4.39 Å². The topological polar surface area (TPSA) is 82.0 Å². The molecule has 0 spiro atoms. The fourth-order valence-corrected chi connectivity index (χ4v) is 4.45. The quantitative estimate of drug-likeness (QED) is 0.409. The van der Waals surface area contributed by atoms with Gasteiger partial charge in [0.1, 0.15) is 11.3 Å². The second-order valence-electron chi connectivity index (χ2n) is 7.54. The predicted octanol–water partition coefficient (Wildman–Crippen LogP) is 3.91. The summed E-state index contributed by atoms with van der Waals surface area (Å²) in [4.78, 5) is 25.4. The van der Waals surface area contributed by atoms with Crippen LogP contribution in [0.25, 0.3) is 0 Å². The second-order valence-corrected chi connectivity index (χ2v) is 7.93. The molecule has 0 saturated carbocycles. The number of nitrogens with one attached hydrogen (secondary N) is 2. The third-order valence-electron chi connectivity index (χ3n) is 5.53. The van der Waals surface area contributed by atoms with E-state index in [4.69, 9.17) is 17.5 Å². The van der Waals surface area contributed by atoms with Crippen LogP contribution in [-0.2, 0) is 11.0 Å². The van der Waals surface area contributed by atoms with E-state index in [1.807, 2.05) is 0 Å². The molecule has 1 fully saturated rings. The average molecular weight is 465 g/mol. The lowest BCUT2D eigenvalue weighted by atomic mass is 9.93. The van der Waals surface area contributed by atoms with Crippen LogP contribution in [0.4, 0.5) is 28.9 Å². The number of quaternary nitrogens is 1. The molecule has 0 radical (unpaired) electrons. The molecule has 11 heteroatoms. The maximum Gasteiger partial charge on any atom is 0.417 e. The molecule has 1 saturated heterocycles. The summed E-state index contributed by atoms with van der Waals surface area (Å²) >= 11 is 5.38. The summed E-state index contributed by atoms with van der Waals surface area (Å²) in [6, 6.07) is 7.82. The Bertz CT molecular complexity index is 1200. The van der Waals surface area contributed by atoms with Crippen molar-refractivity contribution in [2.45, 2.75) is 25.6 Å². The van der Waals surface area contributed by atoms with Crippen molar-refractivity contribution in [2.24, 2.45) is 0 Å². The van der Waals surface area contributed by atoms with E-state index in [0.29, 0.717) is 6.07 Å². The van der Waals surface area contributed by atoms with Crippen LogP contribution in [0.3, 0.4) is 0 Å². The van der Waals surface area contributed by atoms with Crippen molar-refractivity contribution in [3.8, 4) is 6.07 Å². The lowest BCUT2D eigenvalue weighted by Gasteiger charge is -2.41. The number of alkyl halides is 3. The number of para-hydroxylation sites is 1. The summed E-state index contributed by atoms with van der Waals surface area (Å²) in [5.41, 5.74) is -4.42. The van der Waals surface area contributed by atoms with Crippen molar-refractivity contribution < 1.29 is 27.2 Å². The van der Waals surface area contributed by atoms with Crippen LogP contribution in [0.15, 0.2) is 36.4 Å². The number of hydrogen-bond acceptors (Lipinski definition) is 4. The van der Waals surface area contributed by atoms with E-state index in [1.54, 1.807) is 0 Å². The molecule has 166 valence electrons. The Morgan fingerprint density at radius 3 is 2.41 bits per heavy atom. The zero-order valence-electron chi connectivity index (χ0n) is 17.1. The Morgan fingerprint density at radius 2 is 1.91 bits per heavy atom. The van der Waals surface area contributed by atoms with E-state index in [2.05, 4.69) is 10.6 Å². The first-order valence-electron chi connectivity index (χ1n) is 9.22. The molecule has 1 atom stereocenters. The van der Waals surface area contributed by atoms with Gasteiger partial charge in [0.2, 0.25) is 0 Å². The van der Waals surface area contributed by atoms with Gasteiger partial charge < -0.3 is 5.32 Å². The summed E-state index contributed by atoms with van der Waals surface area (Å²) in [7, 11) is 1.31. The molecule has 1 unspecified atom stereocenters. The first-order chi connectivity index (χ1) is 14.8. The minimum Gasteiger partial charge on any atom is -0.355 e. The molecule has 32 heavy (non-hydrogen) atoms. The van der Waals surface area contributed by atoms with Gasteiger partial charge in [-0.2, -0.15) is 22.9 Å². The van der Waals surface area contributed by atoms with E-state index in [0.717, 1.165) is 12.1 Å². The fraction of sp³-hybridized carbons (Fsp3) is 0.238. The number of nitriles is 1. The van der Waals surface area contributed by atoms with Crippen molar-refractivity contribution in [3.05, 3.63) is 58.9 Å². The number of carbonyl (C=O) groups is 2. The van der Waals surface area contributed by atoms with Gasteiger partial charge in [0.25, 0.3) is 16.9 Å². The molecule has 6 nitrogen and oxygen atoms in total. The Balaban J connectivity index is 2.54. The number of rotatable bonds is 3. The van der Waals surface area contributed by atoms with Gasteiger partial charge in [-0.05, 0) is 18.2 Å². The monoisotopic (exact) mass is 465 g/mol. The van der Waals surface area contributed by atoms with Gasteiger partial charge in [-0.15, -0.1) is 0 Å². The summed E-state index contributed by atoms with van der Waals surface area (Å²) < 4.78 is 55.6. The van der Waals surface area contributed by atoms with Crippen LogP contribution >= 0.6 is 12.2 Å². The van der Waals surface area contributed by atoms with E-state index < -0.39 is 50.6 Å². The maximum absolute atomic E-state index is 15.4. The normalized spacial score (nSPS) is 19.9. The molecule has 2 N–H and O–H groups in total. The first-order valence-corrected chi connectivity index (χ1v) is 9.63. The molecule has 1 aliphatic rings. The number of nitrogens with zero attached hydrogens (tertiary/aromatic N) is 2. The highest BCUT2D eigenvalue weighted by Crippen LogP contribution is 2.50. The highest BCUT2D eigenvalue weighted by atomic mass is 32.1. The van der Waals surface area contributed by atoms with Crippen molar-refractivity contribution in [3.63, 3.8) is 0 Å². The molecule has 3 rings (SSSR count). The Hall–Kier alpha value is -3.36. The van der Waals surface area contributed by atoms with Crippen molar-refractivity contribution in [1.29, 1.82) is 5.26 Å². The second kappa shape index (κ2) is 7.65. The zero-order valence-corrected chi connectivity index (χ0v) is 17.9. The Labute approximate surface area is 186 Å². The molecule has 2 amide bonds. The van der Waals surface area contributed by atoms with Crippen molar-refractivity contribution in [1.82, 2.24) is 15.1 Å². The summed E-state index contributed by atoms with van der Waals surface area (Å²) in [5, 5.41) is 13.6. The number of halogens is 4. The highest BCUT2D eigenvalue weighted by molar-refractivity contribution is 7.80. The molecule has 2 aromatic rings. The van der Waals surface area contributed by atoms with Crippen molar-refractivity contribution >= 4 is 40.5 Å². The SMILES string of the molecule is CNC(=O)c1cccc(F)c1[N+]1(c2ccc(C#N)c(C(F)(F)F)c2)C(=S)NC(=O)C1(C)C. The minimum absolute atomic E-state index is 0.211. The minimum atomic E-state index is -4.91. The third-order valence-corrected chi connectivity index (χ3v) is 5.91. The molecule has 1 heterocycles. The van der Waals surface area contributed by atoms with Crippen LogP contribution < -0.4 is 15.1 Å². The van der Waals surface area contributed by atoms with Crippen LogP contribution in [-0.4, -0.2) is 29.5 Å². The number of amides is 2. The number of benzene rings is 2. The standard InChI is InChI=1S/C21H16F4N4O2S/c1-20(2)18(31)28-19(32)29(20,16-13(17(30)27-3)5-4-6-15(16)22)12-8-7-11(10-26)14(9-12)21(23,24)25/h4-9H,1-3H3,(H-,27,28,30,31,32)/p+1. The lowest BCUT2D eigenvalue weighted by Crippen LogP contribution is -2.60. The van der Waals surface area contributed by atoms with Gasteiger partial charge in [0.15, 0.2) is 17.0 Å². The van der Waals surface area contributed by atoms with E-state index in [-0.39, 0.29) is 16.4 Å². The molecular formula is C21H17F4N4O2S+. The predicted molar refractivity (Wildman–Crippen MR) is 112 cm³/mol. The summed E-state index contributed by atoms with van der Waals surface area (Å²) in [5.74, 6) is -2.35. The fourth-order valence-electron chi connectivity index (χ4n) is 3.94. The number of hydrogen-bond donors (Lipinski definition) is 2. The van der Waals surface area contributed by atoms with Crippen LogP contribution in [0.5, 0.6) is 0 Å². The molecule has 0 bridgehead atoms. The zero-order chi connectivity index (χ0) is 24.1. The van der Waals surface area contributed by atoms with Crippen LogP contribution in [0.1, 0.15) is 35.3 Å². The molecule has 0 aromatic heterocycles. The van der Waals surface area contributed by atoms with Gasteiger partial charge in [0.05, 0.1) is 17.2 Å². The van der Waals surface area contributed by atoms with Crippen molar-refractivity contribution in [2.75, 3.05) is 7.05 Å². The smallest absolute Gasteiger partial charge is 0.355 e. The van der Waals surface area contributed by atoms with Gasteiger partial charge in [0, 0.05) is 45.2 Å². The Kier molecular flexibility index (Phi) is 5.57. The van der Waals surface area contributed by atoms with Gasteiger partial charge in [-0.1, -0.05) is 6.07 Å². The largest absolute Gasteiger partial charge is 0.417 e. The number of thiocarbonyl (C=S) groups is 1. The summed E-state index contributed by atoms with van der Waals surface area (Å²) in [6.45, 7) is 2.76. The van der Waals surface area contributed by atoms with E-state index in [9.17, 15) is 22.8 Å². The summed E-state index contributed by atoms with van der Waals surface area (Å²) in [6.07, 6.45) is -4.91. The lowest BCUT2D eigenvalue weighted by molar-refractivity contribution is -0.137. The van der Waals surface area contributed by atoms with Crippen LogP contribution in [0.2, 0.25) is 0 Å². The molecule has 0 aliphatic carbocycles. The van der Waals surface area contributed by atoms with E-state index in [1.165, 1.54) is 45.2 Å². The Morgan fingerprint density at radius 1 is 1.25 bits per heavy atom.